The highest BCUT2D eigenvalue weighted by atomic mass is 19.1. The summed E-state index contributed by atoms with van der Waals surface area (Å²) in [4.78, 5) is 11.7. The van der Waals surface area contributed by atoms with Crippen LogP contribution in [0.1, 0.15) is 31.2 Å². The molecular formula is C25H27FN6. The third-order valence-corrected chi connectivity index (χ3v) is 5.88. The Hall–Kier alpha value is -3.48. The number of fused-ring (bicyclic) bond motifs is 1. The van der Waals surface area contributed by atoms with Crippen molar-refractivity contribution in [1.82, 2.24) is 19.6 Å². The van der Waals surface area contributed by atoms with E-state index in [1.165, 1.54) is 18.9 Å². The minimum absolute atomic E-state index is 0.172. The number of aryl methyl sites for hydroxylation is 1. The number of pyridine rings is 1. The standard InChI is InChI=1S/C25H27FN6/c26-20-9-5-8-19(17-20)7-1-2-14-27-23-12-13-24-28-18-22(32(24)30-23)21-10-6-11-25(29-21)31-15-3-4-16-31/h5-6,8-13,17-18H,1-4,7,14-16H2,(H,27,30). The highest BCUT2D eigenvalue weighted by molar-refractivity contribution is 5.62. The van der Waals surface area contributed by atoms with Crippen LogP contribution in [0.5, 0.6) is 0 Å². The maximum atomic E-state index is 13.3. The summed E-state index contributed by atoms with van der Waals surface area (Å²) in [5.74, 6) is 1.65. The number of hydrogen-bond acceptors (Lipinski definition) is 5. The minimum Gasteiger partial charge on any atom is -0.369 e. The van der Waals surface area contributed by atoms with Gasteiger partial charge in [0.1, 0.15) is 23.1 Å². The molecule has 1 saturated heterocycles. The van der Waals surface area contributed by atoms with Crippen molar-refractivity contribution in [2.75, 3.05) is 29.9 Å². The molecule has 32 heavy (non-hydrogen) atoms. The average Bonchev–Trinajstić information content (AvgIpc) is 3.49. The van der Waals surface area contributed by atoms with E-state index in [1.807, 2.05) is 35.0 Å². The number of halogens is 1. The van der Waals surface area contributed by atoms with E-state index in [1.54, 1.807) is 12.1 Å². The molecule has 4 aromatic rings. The van der Waals surface area contributed by atoms with Gasteiger partial charge in [0.2, 0.25) is 0 Å². The fourth-order valence-electron chi connectivity index (χ4n) is 4.19. The number of anilines is 2. The summed E-state index contributed by atoms with van der Waals surface area (Å²) in [6.07, 6.45) is 7.12. The van der Waals surface area contributed by atoms with Crippen LogP contribution in [-0.2, 0) is 6.42 Å². The molecule has 164 valence electrons. The maximum absolute atomic E-state index is 13.3. The van der Waals surface area contributed by atoms with Crippen LogP contribution in [0.15, 0.2) is 60.8 Å². The third-order valence-electron chi connectivity index (χ3n) is 5.88. The van der Waals surface area contributed by atoms with Crippen molar-refractivity contribution >= 4 is 17.3 Å². The van der Waals surface area contributed by atoms with E-state index in [9.17, 15) is 4.39 Å². The van der Waals surface area contributed by atoms with Crippen LogP contribution in [0.4, 0.5) is 16.0 Å². The minimum atomic E-state index is -0.172. The summed E-state index contributed by atoms with van der Waals surface area (Å²) >= 11 is 0. The molecule has 0 unspecified atom stereocenters. The Morgan fingerprint density at radius 2 is 1.84 bits per heavy atom. The monoisotopic (exact) mass is 430 g/mol. The molecule has 1 aliphatic rings. The Morgan fingerprint density at radius 1 is 0.969 bits per heavy atom. The molecule has 0 aliphatic carbocycles. The zero-order valence-corrected chi connectivity index (χ0v) is 18.0. The predicted molar refractivity (Wildman–Crippen MR) is 125 cm³/mol. The van der Waals surface area contributed by atoms with E-state index in [0.717, 1.165) is 73.1 Å². The first-order chi connectivity index (χ1) is 15.8. The van der Waals surface area contributed by atoms with Gasteiger partial charge < -0.3 is 10.2 Å². The van der Waals surface area contributed by atoms with E-state index in [0.29, 0.717) is 0 Å². The number of hydrogen-bond donors (Lipinski definition) is 1. The Bertz CT molecular complexity index is 1200. The average molecular weight is 431 g/mol. The van der Waals surface area contributed by atoms with Crippen molar-refractivity contribution < 1.29 is 4.39 Å². The summed E-state index contributed by atoms with van der Waals surface area (Å²) in [6.45, 7) is 2.94. The zero-order chi connectivity index (χ0) is 21.8. The number of imidazole rings is 1. The largest absolute Gasteiger partial charge is 0.369 e. The molecule has 1 aromatic carbocycles. The Balaban J connectivity index is 1.24. The quantitative estimate of drug-likeness (QED) is 0.400. The van der Waals surface area contributed by atoms with E-state index in [-0.39, 0.29) is 5.82 Å². The summed E-state index contributed by atoms with van der Waals surface area (Å²) in [5.41, 5.74) is 3.60. The topological polar surface area (TPSA) is 58.4 Å². The first kappa shape index (κ1) is 20.4. The summed E-state index contributed by atoms with van der Waals surface area (Å²) < 4.78 is 15.1. The Kier molecular flexibility index (Phi) is 5.96. The van der Waals surface area contributed by atoms with E-state index >= 15 is 0 Å². The number of unbranched alkanes of at least 4 members (excludes halogenated alkanes) is 1. The molecule has 0 spiro atoms. The van der Waals surface area contributed by atoms with Crippen LogP contribution in [0.2, 0.25) is 0 Å². The molecule has 1 N–H and O–H groups in total. The van der Waals surface area contributed by atoms with Gasteiger partial charge >= 0.3 is 0 Å². The maximum Gasteiger partial charge on any atom is 0.154 e. The van der Waals surface area contributed by atoms with Gasteiger partial charge in [0.15, 0.2) is 5.65 Å². The van der Waals surface area contributed by atoms with Gasteiger partial charge in [-0.3, -0.25) is 0 Å². The molecular weight excluding hydrogens is 403 g/mol. The van der Waals surface area contributed by atoms with Gasteiger partial charge in [0.05, 0.1) is 11.9 Å². The highest BCUT2D eigenvalue weighted by Crippen LogP contribution is 2.24. The number of benzene rings is 1. The second-order valence-electron chi connectivity index (χ2n) is 8.22. The van der Waals surface area contributed by atoms with Gasteiger partial charge in [-0.1, -0.05) is 18.2 Å². The number of aromatic nitrogens is 4. The molecule has 0 bridgehead atoms. The first-order valence-electron chi connectivity index (χ1n) is 11.3. The molecule has 6 nitrogen and oxygen atoms in total. The third kappa shape index (κ3) is 4.56. The predicted octanol–water partition coefficient (Wildman–Crippen LogP) is 4.97. The molecule has 7 heteroatoms. The van der Waals surface area contributed by atoms with Gasteiger partial charge in [-0.05, 0) is 74.1 Å². The lowest BCUT2D eigenvalue weighted by atomic mass is 10.1. The second-order valence-corrected chi connectivity index (χ2v) is 8.22. The van der Waals surface area contributed by atoms with E-state index in [2.05, 4.69) is 27.3 Å². The van der Waals surface area contributed by atoms with Gasteiger partial charge in [-0.2, -0.15) is 0 Å². The fourth-order valence-corrected chi connectivity index (χ4v) is 4.19. The van der Waals surface area contributed by atoms with Gasteiger partial charge in [0.25, 0.3) is 0 Å². The highest BCUT2D eigenvalue weighted by Gasteiger charge is 2.15. The molecule has 1 aliphatic heterocycles. The lowest BCUT2D eigenvalue weighted by Crippen LogP contribution is -2.19. The summed E-state index contributed by atoms with van der Waals surface area (Å²) in [5, 5.41) is 8.14. The van der Waals surface area contributed by atoms with Gasteiger partial charge in [-0.15, -0.1) is 5.10 Å². The van der Waals surface area contributed by atoms with Crippen LogP contribution in [0.25, 0.3) is 17.0 Å². The summed E-state index contributed by atoms with van der Waals surface area (Å²) in [6, 6.07) is 16.9. The normalized spacial score (nSPS) is 13.7. The Labute approximate surface area is 187 Å². The molecule has 0 saturated carbocycles. The molecule has 0 radical (unpaired) electrons. The molecule has 3 aromatic heterocycles. The van der Waals surface area contributed by atoms with Crippen LogP contribution < -0.4 is 10.2 Å². The smallest absolute Gasteiger partial charge is 0.154 e. The van der Waals surface area contributed by atoms with Crippen LogP contribution in [-0.4, -0.2) is 39.2 Å². The van der Waals surface area contributed by atoms with E-state index < -0.39 is 0 Å². The van der Waals surface area contributed by atoms with Crippen molar-refractivity contribution in [3.8, 4) is 11.4 Å². The number of nitrogens with zero attached hydrogens (tertiary/aromatic N) is 5. The van der Waals surface area contributed by atoms with Crippen LogP contribution in [0, 0.1) is 5.82 Å². The van der Waals surface area contributed by atoms with Crippen molar-refractivity contribution in [1.29, 1.82) is 0 Å². The van der Waals surface area contributed by atoms with Crippen molar-refractivity contribution in [2.45, 2.75) is 32.1 Å². The van der Waals surface area contributed by atoms with Crippen molar-refractivity contribution in [3.63, 3.8) is 0 Å². The Morgan fingerprint density at radius 3 is 2.72 bits per heavy atom. The SMILES string of the molecule is Fc1cccc(CCCCNc2ccc3ncc(-c4cccc(N5CCCC5)n4)n3n2)c1. The van der Waals surface area contributed by atoms with Gasteiger partial charge in [0, 0.05) is 19.6 Å². The van der Waals surface area contributed by atoms with Crippen molar-refractivity contribution in [2.24, 2.45) is 0 Å². The lowest BCUT2D eigenvalue weighted by Gasteiger charge is -2.16. The lowest BCUT2D eigenvalue weighted by molar-refractivity contribution is 0.624. The fraction of sp³-hybridized carbons (Fsp3) is 0.320. The van der Waals surface area contributed by atoms with Crippen LogP contribution >= 0.6 is 0 Å². The first-order valence-corrected chi connectivity index (χ1v) is 11.3. The second kappa shape index (κ2) is 9.34. The molecule has 1 fully saturated rings. The molecule has 4 heterocycles. The van der Waals surface area contributed by atoms with Crippen molar-refractivity contribution in [3.05, 3.63) is 72.2 Å². The molecule has 5 rings (SSSR count). The zero-order valence-electron chi connectivity index (χ0n) is 18.0. The van der Waals surface area contributed by atoms with E-state index in [4.69, 9.17) is 10.1 Å². The summed E-state index contributed by atoms with van der Waals surface area (Å²) in [7, 11) is 0. The van der Waals surface area contributed by atoms with Crippen LogP contribution in [0.3, 0.4) is 0 Å². The number of nitrogens with one attached hydrogen (secondary N) is 1. The van der Waals surface area contributed by atoms with Gasteiger partial charge in [-0.25, -0.2) is 18.9 Å². The number of rotatable bonds is 8. The molecule has 0 atom stereocenters. The molecule has 0 amide bonds.